The van der Waals surface area contributed by atoms with Crippen molar-refractivity contribution in [1.29, 1.82) is 0 Å². The Morgan fingerprint density at radius 2 is 2.50 bits per heavy atom. The van der Waals surface area contributed by atoms with Crippen LogP contribution in [-0.4, -0.2) is 51.0 Å². The molecule has 0 aromatic carbocycles. The summed E-state index contributed by atoms with van der Waals surface area (Å²) in [5, 5.41) is 8.87. The first-order valence-corrected chi connectivity index (χ1v) is 5.18. The molecule has 1 atom stereocenters. The summed E-state index contributed by atoms with van der Waals surface area (Å²) in [7, 11) is 0. The third-order valence-electron chi connectivity index (χ3n) is 2.60. The first-order valence-electron chi connectivity index (χ1n) is 5.18. The van der Waals surface area contributed by atoms with E-state index in [1.807, 2.05) is 6.92 Å². The third-order valence-corrected chi connectivity index (χ3v) is 2.60. The lowest BCUT2D eigenvalue weighted by Gasteiger charge is -2.33. The van der Waals surface area contributed by atoms with E-state index in [9.17, 15) is 9.59 Å². The van der Waals surface area contributed by atoms with Crippen molar-refractivity contribution in [2.75, 3.05) is 13.1 Å². The van der Waals surface area contributed by atoms with Gasteiger partial charge in [-0.25, -0.2) is 4.98 Å². The highest BCUT2D eigenvalue weighted by Gasteiger charge is 2.33. The Bertz CT molecular complexity index is 389. The normalized spacial score (nSPS) is 20.7. The van der Waals surface area contributed by atoms with Crippen molar-refractivity contribution < 1.29 is 9.59 Å². The molecule has 2 amide bonds. The van der Waals surface area contributed by atoms with Gasteiger partial charge in [-0.3, -0.25) is 14.7 Å². The van der Waals surface area contributed by atoms with E-state index < -0.39 is 6.04 Å². The second-order valence-electron chi connectivity index (χ2n) is 3.55. The number of rotatable bonds is 2. The predicted molar refractivity (Wildman–Crippen MR) is 54.5 cm³/mol. The van der Waals surface area contributed by atoms with Crippen LogP contribution in [0.4, 0.5) is 0 Å². The maximum atomic E-state index is 12.0. The van der Waals surface area contributed by atoms with Gasteiger partial charge < -0.3 is 10.2 Å². The van der Waals surface area contributed by atoms with Crippen molar-refractivity contribution in [2.45, 2.75) is 19.4 Å². The molecule has 1 aromatic rings. The Hall–Kier alpha value is -1.92. The summed E-state index contributed by atoms with van der Waals surface area (Å²) in [5.41, 5.74) is 0. The molecule has 0 bridgehead atoms. The minimum Gasteiger partial charge on any atom is -0.353 e. The van der Waals surface area contributed by atoms with Crippen LogP contribution in [0.3, 0.4) is 0 Å². The molecule has 2 heterocycles. The molecule has 1 aliphatic heterocycles. The molecular weight excluding hydrogens is 210 g/mol. The molecule has 0 aliphatic carbocycles. The quantitative estimate of drug-likeness (QED) is 0.683. The predicted octanol–water partition coefficient (Wildman–Crippen LogP) is -0.845. The van der Waals surface area contributed by atoms with Crippen molar-refractivity contribution in [2.24, 2.45) is 0 Å². The number of piperazine rings is 1. The summed E-state index contributed by atoms with van der Waals surface area (Å²) in [6.45, 7) is 2.86. The van der Waals surface area contributed by atoms with E-state index in [4.69, 9.17) is 0 Å². The van der Waals surface area contributed by atoms with Gasteiger partial charge in [-0.05, 0) is 6.42 Å². The van der Waals surface area contributed by atoms with Crippen LogP contribution in [0.2, 0.25) is 0 Å². The first-order chi connectivity index (χ1) is 7.74. The van der Waals surface area contributed by atoms with Crippen molar-refractivity contribution in [3.05, 3.63) is 12.2 Å². The molecule has 86 valence electrons. The van der Waals surface area contributed by atoms with E-state index in [1.165, 1.54) is 11.2 Å². The Balaban J connectivity index is 2.18. The zero-order chi connectivity index (χ0) is 11.5. The van der Waals surface area contributed by atoms with Crippen LogP contribution >= 0.6 is 0 Å². The maximum absolute atomic E-state index is 12.0. The molecule has 0 saturated carbocycles. The molecule has 0 radical (unpaired) electrons. The molecule has 1 aromatic heterocycles. The third kappa shape index (κ3) is 1.75. The lowest BCUT2D eigenvalue weighted by atomic mass is 10.1. The summed E-state index contributed by atoms with van der Waals surface area (Å²) in [4.78, 5) is 28.9. The van der Waals surface area contributed by atoms with Crippen LogP contribution in [0.25, 0.3) is 0 Å². The number of carbonyl (C=O) groups excluding carboxylic acids is 2. The van der Waals surface area contributed by atoms with Crippen molar-refractivity contribution in [3.63, 3.8) is 0 Å². The van der Waals surface area contributed by atoms with Gasteiger partial charge in [-0.1, -0.05) is 6.92 Å². The fourth-order valence-corrected chi connectivity index (χ4v) is 1.81. The Morgan fingerprint density at radius 1 is 1.69 bits per heavy atom. The van der Waals surface area contributed by atoms with Crippen molar-refractivity contribution in [3.8, 4) is 0 Å². The highest BCUT2D eigenvalue weighted by molar-refractivity contribution is 5.95. The minimum atomic E-state index is -0.411. The zero-order valence-corrected chi connectivity index (χ0v) is 8.93. The summed E-state index contributed by atoms with van der Waals surface area (Å²) >= 11 is 0. The summed E-state index contributed by atoms with van der Waals surface area (Å²) < 4.78 is 0. The van der Waals surface area contributed by atoms with E-state index >= 15 is 0 Å². The second-order valence-corrected chi connectivity index (χ2v) is 3.55. The lowest BCUT2D eigenvalue weighted by molar-refractivity contribution is -0.127. The summed E-state index contributed by atoms with van der Waals surface area (Å²) in [5.74, 6) is -0.214. The van der Waals surface area contributed by atoms with Crippen LogP contribution in [0.15, 0.2) is 6.33 Å². The van der Waals surface area contributed by atoms with E-state index in [-0.39, 0.29) is 17.6 Å². The molecule has 7 nitrogen and oxygen atoms in total. The van der Waals surface area contributed by atoms with Gasteiger partial charge in [0.15, 0.2) is 0 Å². The SMILES string of the molecule is CCC1C(=O)NCCN1C(=O)c1ncn[nH]1. The second kappa shape index (κ2) is 4.30. The number of carbonyl (C=O) groups is 2. The van der Waals surface area contributed by atoms with E-state index in [0.717, 1.165) is 0 Å². The van der Waals surface area contributed by atoms with Crippen molar-refractivity contribution >= 4 is 11.8 Å². The van der Waals surface area contributed by atoms with Gasteiger partial charge in [0.25, 0.3) is 5.91 Å². The van der Waals surface area contributed by atoms with Crippen LogP contribution in [0.1, 0.15) is 24.0 Å². The average Bonchev–Trinajstić information content (AvgIpc) is 2.81. The molecule has 1 unspecified atom stereocenters. The highest BCUT2D eigenvalue weighted by atomic mass is 16.2. The Kier molecular flexibility index (Phi) is 2.84. The van der Waals surface area contributed by atoms with Crippen LogP contribution < -0.4 is 5.32 Å². The van der Waals surface area contributed by atoms with Crippen molar-refractivity contribution in [1.82, 2.24) is 25.4 Å². The fourth-order valence-electron chi connectivity index (χ4n) is 1.81. The standard InChI is InChI=1S/C9H13N5O2/c1-2-6-8(15)10-3-4-14(6)9(16)7-11-5-12-13-7/h5-6H,2-4H2,1H3,(H,10,15)(H,11,12,13). The largest absolute Gasteiger partial charge is 0.353 e. The number of nitrogens with zero attached hydrogens (tertiary/aromatic N) is 3. The number of amides is 2. The van der Waals surface area contributed by atoms with Crippen LogP contribution in [0, 0.1) is 0 Å². The number of hydrogen-bond acceptors (Lipinski definition) is 4. The van der Waals surface area contributed by atoms with Gasteiger partial charge in [-0.2, -0.15) is 5.10 Å². The molecular formula is C9H13N5O2. The Morgan fingerprint density at radius 3 is 3.12 bits per heavy atom. The number of aromatic nitrogens is 3. The molecule has 7 heteroatoms. The molecule has 16 heavy (non-hydrogen) atoms. The highest BCUT2D eigenvalue weighted by Crippen LogP contribution is 2.11. The number of aromatic amines is 1. The van der Waals surface area contributed by atoms with Gasteiger partial charge in [0.2, 0.25) is 11.7 Å². The number of H-pyrrole nitrogens is 1. The zero-order valence-electron chi connectivity index (χ0n) is 8.93. The van der Waals surface area contributed by atoms with Gasteiger partial charge in [0.05, 0.1) is 0 Å². The van der Waals surface area contributed by atoms with Crippen LogP contribution in [-0.2, 0) is 4.79 Å². The smallest absolute Gasteiger partial charge is 0.291 e. The van der Waals surface area contributed by atoms with E-state index in [1.54, 1.807) is 0 Å². The van der Waals surface area contributed by atoms with E-state index in [0.29, 0.717) is 19.5 Å². The molecule has 2 N–H and O–H groups in total. The first kappa shape index (κ1) is 10.6. The van der Waals surface area contributed by atoms with Gasteiger partial charge in [0, 0.05) is 13.1 Å². The molecule has 0 spiro atoms. The topological polar surface area (TPSA) is 91.0 Å². The summed E-state index contributed by atoms with van der Waals surface area (Å²) in [6, 6.07) is -0.411. The Labute approximate surface area is 92.2 Å². The molecule has 2 rings (SSSR count). The van der Waals surface area contributed by atoms with Gasteiger partial charge in [-0.15, -0.1) is 0 Å². The fraction of sp³-hybridized carbons (Fsp3) is 0.556. The number of nitrogens with one attached hydrogen (secondary N) is 2. The van der Waals surface area contributed by atoms with Gasteiger partial charge in [0.1, 0.15) is 12.4 Å². The summed E-state index contributed by atoms with van der Waals surface area (Å²) in [6.07, 6.45) is 1.86. The molecule has 1 saturated heterocycles. The lowest BCUT2D eigenvalue weighted by Crippen LogP contribution is -2.57. The molecule has 1 aliphatic rings. The van der Waals surface area contributed by atoms with E-state index in [2.05, 4.69) is 20.5 Å². The van der Waals surface area contributed by atoms with Gasteiger partial charge >= 0.3 is 0 Å². The number of hydrogen-bond donors (Lipinski definition) is 2. The average molecular weight is 223 g/mol. The monoisotopic (exact) mass is 223 g/mol. The minimum absolute atomic E-state index is 0.110. The maximum Gasteiger partial charge on any atom is 0.291 e. The van der Waals surface area contributed by atoms with Crippen LogP contribution in [0.5, 0.6) is 0 Å². The molecule has 1 fully saturated rings.